The molecular weight excluding hydrogens is 238 g/mol. The number of benzene rings is 2. The van der Waals surface area contributed by atoms with Gasteiger partial charge in [0.2, 0.25) is 0 Å². The van der Waals surface area contributed by atoms with E-state index in [1.54, 1.807) is 6.92 Å². The Bertz CT molecular complexity index is 532. The van der Waals surface area contributed by atoms with Crippen LogP contribution in [0.25, 0.3) is 6.08 Å². The summed E-state index contributed by atoms with van der Waals surface area (Å²) in [5.74, 6) is 0.829. The first-order chi connectivity index (χ1) is 9.28. The molecule has 3 heteroatoms. The van der Waals surface area contributed by atoms with E-state index in [2.05, 4.69) is 5.48 Å². The zero-order valence-electron chi connectivity index (χ0n) is 10.8. The molecule has 0 radical (unpaired) electrons. The minimum Gasteiger partial charge on any atom is -0.489 e. The molecule has 0 aliphatic heterocycles. The van der Waals surface area contributed by atoms with Crippen LogP contribution in [0.15, 0.2) is 60.3 Å². The lowest BCUT2D eigenvalue weighted by Crippen LogP contribution is -2.01. The van der Waals surface area contributed by atoms with Gasteiger partial charge in [0.25, 0.3) is 0 Å². The highest BCUT2D eigenvalue weighted by molar-refractivity contribution is 5.52. The molecule has 0 saturated heterocycles. The van der Waals surface area contributed by atoms with E-state index in [4.69, 9.17) is 9.94 Å². The number of ether oxygens (including phenoxy) is 1. The van der Waals surface area contributed by atoms with Crippen LogP contribution >= 0.6 is 0 Å². The third-order valence-corrected chi connectivity index (χ3v) is 2.69. The van der Waals surface area contributed by atoms with Gasteiger partial charge < -0.3 is 4.74 Å². The smallest absolute Gasteiger partial charge is 0.119 e. The molecule has 0 heterocycles. The predicted octanol–water partition coefficient (Wildman–Crippen LogP) is 3.61. The first-order valence-electron chi connectivity index (χ1n) is 6.13. The van der Waals surface area contributed by atoms with Crippen LogP contribution in [0.5, 0.6) is 5.75 Å². The maximum absolute atomic E-state index is 8.72. The van der Waals surface area contributed by atoms with Crippen molar-refractivity contribution < 1.29 is 9.94 Å². The summed E-state index contributed by atoms with van der Waals surface area (Å²) < 4.78 is 5.69. The summed E-state index contributed by atoms with van der Waals surface area (Å²) in [7, 11) is 0. The van der Waals surface area contributed by atoms with Crippen LogP contribution in [0.4, 0.5) is 0 Å². The Labute approximate surface area is 113 Å². The average molecular weight is 255 g/mol. The van der Waals surface area contributed by atoms with Crippen LogP contribution in [0.3, 0.4) is 0 Å². The molecule has 0 atom stereocenters. The van der Waals surface area contributed by atoms with E-state index in [0.29, 0.717) is 12.3 Å². The van der Waals surface area contributed by atoms with Gasteiger partial charge in [-0.25, -0.2) is 0 Å². The molecule has 0 spiro atoms. The van der Waals surface area contributed by atoms with Crippen molar-refractivity contribution in [3.05, 3.63) is 71.4 Å². The third kappa shape index (κ3) is 4.16. The highest BCUT2D eigenvalue weighted by Crippen LogP contribution is 2.15. The van der Waals surface area contributed by atoms with Crippen molar-refractivity contribution >= 4 is 6.08 Å². The van der Waals surface area contributed by atoms with E-state index in [1.165, 1.54) is 0 Å². The highest BCUT2D eigenvalue weighted by Gasteiger charge is 1.96. The molecule has 0 aromatic heterocycles. The van der Waals surface area contributed by atoms with Gasteiger partial charge in [-0.3, -0.25) is 10.7 Å². The lowest BCUT2D eigenvalue weighted by molar-refractivity contribution is 0.202. The molecular formula is C16H17NO2. The van der Waals surface area contributed by atoms with E-state index >= 15 is 0 Å². The fraction of sp³-hybridized carbons (Fsp3) is 0.125. The van der Waals surface area contributed by atoms with Crippen LogP contribution in [0.1, 0.15) is 18.1 Å². The maximum Gasteiger partial charge on any atom is 0.119 e. The van der Waals surface area contributed by atoms with Crippen LogP contribution in [0, 0.1) is 0 Å². The van der Waals surface area contributed by atoms with Crippen molar-refractivity contribution in [3.8, 4) is 5.75 Å². The minimum absolute atomic E-state index is 0.563. The lowest BCUT2D eigenvalue weighted by Gasteiger charge is -2.06. The second-order valence-corrected chi connectivity index (χ2v) is 4.28. The van der Waals surface area contributed by atoms with Crippen molar-refractivity contribution in [2.45, 2.75) is 13.5 Å². The molecule has 2 rings (SSSR count). The predicted molar refractivity (Wildman–Crippen MR) is 75.8 cm³/mol. The molecule has 0 amide bonds. The Morgan fingerprint density at radius 1 is 1.11 bits per heavy atom. The second-order valence-electron chi connectivity index (χ2n) is 4.28. The Hall–Kier alpha value is -2.26. The van der Waals surface area contributed by atoms with Crippen molar-refractivity contribution in [1.82, 2.24) is 5.48 Å². The van der Waals surface area contributed by atoms with E-state index < -0.39 is 0 Å². The van der Waals surface area contributed by atoms with Crippen molar-refractivity contribution in [1.29, 1.82) is 0 Å². The van der Waals surface area contributed by atoms with Gasteiger partial charge in [-0.2, -0.15) is 0 Å². The number of hydrogen-bond acceptors (Lipinski definition) is 3. The molecule has 0 fully saturated rings. The van der Waals surface area contributed by atoms with Crippen molar-refractivity contribution in [2.75, 3.05) is 0 Å². The number of allylic oxidation sites excluding steroid dienone is 1. The van der Waals surface area contributed by atoms with E-state index in [9.17, 15) is 0 Å². The summed E-state index contributed by atoms with van der Waals surface area (Å²) in [5, 5.41) is 8.72. The van der Waals surface area contributed by atoms with Gasteiger partial charge in [0.05, 0.1) is 0 Å². The number of nitrogens with one attached hydrogen (secondary N) is 1. The highest BCUT2D eigenvalue weighted by atomic mass is 16.5. The molecule has 2 aromatic carbocycles. The SMILES string of the molecule is C/C(=C\c1ccc(OCc2ccccc2)cc1)NO. The average Bonchev–Trinajstić information content (AvgIpc) is 2.47. The molecule has 0 aliphatic rings. The molecule has 2 N–H and O–H groups in total. The van der Waals surface area contributed by atoms with Gasteiger partial charge in [0.1, 0.15) is 12.4 Å². The van der Waals surface area contributed by atoms with Crippen molar-refractivity contribution in [2.24, 2.45) is 0 Å². The molecule has 0 unspecified atom stereocenters. The fourth-order valence-electron chi connectivity index (χ4n) is 1.68. The van der Waals surface area contributed by atoms with Gasteiger partial charge in [-0.05, 0) is 36.3 Å². The molecule has 0 saturated carbocycles. The Morgan fingerprint density at radius 2 is 1.79 bits per heavy atom. The van der Waals surface area contributed by atoms with E-state index in [0.717, 1.165) is 16.9 Å². The van der Waals surface area contributed by atoms with E-state index in [-0.39, 0.29) is 0 Å². The summed E-state index contributed by atoms with van der Waals surface area (Å²) in [4.78, 5) is 0. The molecule has 3 nitrogen and oxygen atoms in total. The number of rotatable bonds is 5. The molecule has 2 aromatic rings. The normalized spacial score (nSPS) is 11.2. The fourth-order valence-corrected chi connectivity index (χ4v) is 1.68. The third-order valence-electron chi connectivity index (χ3n) is 2.69. The van der Waals surface area contributed by atoms with Crippen molar-refractivity contribution in [3.63, 3.8) is 0 Å². The van der Waals surface area contributed by atoms with E-state index in [1.807, 2.05) is 60.7 Å². The van der Waals surface area contributed by atoms with Crippen LogP contribution in [0.2, 0.25) is 0 Å². The minimum atomic E-state index is 0.563. The summed E-state index contributed by atoms with van der Waals surface area (Å²) >= 11 is 0. The summed E-state index contributed by atoms with van der Waals surface area (Å²) in [6, 6.07) is 17.8. The van der Waals surface area contributed by atoms with Crippen LogP contribution in [-0.4, -0.2) is 5.21 Å². The number of hydrogen-bond donors (Lipinski definition) is 2. The largest absolute Gasteiger partial charge is 0.489 e. The summed E-state index contributed by atoms with van der Waals surface area (Å²) in [6.45, 7) is 2.35. The molecule has 0 bridgehead atoms. The second kappa shape index (κ2) is 6.61. The molecule has 19 heavy (non-hydrogen) atoms. The summed E-state index contributed by atoms with van der Waals surface area (Å²) in [5.41, 5.74) is 4.95. The van der Waals surface area contributed by atoms with Gasteiger partial charge in [0, 0.05) is 5.70 Å². The van der Waals surface area contributed by atoms with Gasteiger partial charge in [-0.15, -0.1) is 0 Å². The lowest BCUT2D eigenvalue weighted by atomic mass is 10.2. The topological polar surface area (TPSA) is 41.5 Å². The van der Waals surface area contributed by atoms with Gasteiger partial charge in [0.15, 0.2) is 0 Å². The summed E-state index contributed by atoms with van der Waals surface area (Å²) in [6.07, 6.45) is 1.85. The van der Waals surface area contributed by atoms with Crippen LogP contribution in [-0.2, 0) is 6.61 Å². The van der Waals surface area contributed by atoms with Gasteiger partial charge in [-0.1, -0.05) is 42.5 Å². The molecule has 98 valence electrons. The quantitative estimate of drug-likeness (QED) is 0.802. The zero-order chi connectivity index (χ0) is 13.5. The Morgan fingerprint density at radius 3 is 2.42 bits per heavy atom. The van der Waals surface area contributed by atoms with Crippen LogP contribution < -0.4 is 10.2 Å². The first-order valence-corrected chi connectivity index (χ1v) is 6.13. The monoisotopic (exact) mass is 255 g/mol. The zero-order valence-corrected chi connectivity index (χ0v) is 10.8. The Balaban J connectivity index is 1.96. The maximum atomic E-state index is 8.72. The number of hydroxylamine groups is 1. The van der Waals surface area contributed by atoms with Gasteiger partial charge >= 0.3 is 0 Å². The Kier molecular flexibility index (Phi) is 4.59. The molecule has 0 aliphatic carbocycles. The first kappa shape index (κ1) is 13.2. The standard InChI is InChI=1S/C16H17NO2/c1-13(17-18)11-14-7-9-16(10-8-14)19-12-15-5-3-2-4-6-15/h2-11,17-18H,12H2,1H3/b13-11+.